The minimum atomic E-state index is -0.989. The van der Waals surface area contributed by atoms with Gasteiger partial charge in [0.1, 0.15) is 18.1 Å². The summed E-state index contributed by atoms with van der Waals surface area (Å²) in [6.45, 7) is 31.1. The molecule has 4 fully saturated rings. The zero-order valence-electron chi connectivity index (χ0n) is 40.3. The molecule has 2 aliphatic heterocycles. The predicted octanol–water partition coefficient (Wildman–Crippen LogP) is 3.94. The van der Waals surface area contributed by atoms with Gasteiger partial charge in [-0.1, -0.05) is 108 Å². The van der Waals surface area contributed by atoms with Crippen LogP contribution < -0.4 is 21.3 Å². The Kier molecular flexibility index (Phi) is 18.2. The van der Waals surface area contributed by atoms with E-state index in [1.807, 2.05) is 48.5 Å². The van der Waals surface area contributed by atoms with E-state index in [0.29, 0.717) is 38.8 Å². The smallest absolute Gasteiger partial charge is 0.289 e. The third-order valence-electron chi connectivity index (χ3n) is 13.6. The predicted molar refractivity (Wildman–Crippen MR) is 246 cm³/mol. The number of halogens is 1. The Hall–Kier alpha value is -4.73. The van der Waals surface area contributed by atoms with E-state index in [9.17, 15) is 43.2 Å². The van der Waals surface area contributed by atoms with Gasteiger partial charge in [0, 0.05) is 26.2 Å². The summed E-state index contributed by atoms with van der Waals surface area (Å²) in [7, 11) is 0. The van der Waals surface area contributed by atoms with E-state index in [-0.39, 0.29) is 53.5 Å². The van der Waals surface area contributed by atoms with Gasteiger partial charge in [-0.05, 0) is 64.2 Å². The highest BCUT2D eigenvalue weighted by Crippen LogP contribution is 2.66. The first-order valence-corrected chi connectivity index (χ1v) is 22.9. The molecule has 0 spiro atoms. The first-order valence-electron chi connectivity index (χ1n) is 22.6. The lowest BCUT2D eigenvalue weighted by Crippen LogP contribution is -2.57. The lowest BCUT2D eigenvalue weighted by molar-refractivity contribution is -0.144. The van der Waals surface area contributed by atoms with Crippen LogP contribution in [0.4, 0.5) is 0 Å². The molecule has 4 rings (SSSR count). The van der Waals surface area contributed by atoms with Gasteiger partial charge in [-0.3, -0.25) is 50.1 Å². The van der Waals surface area contributed by atoms with E-state index in [0.717, 1.165) is 0 Å². The Morgan fingerprint density at radius 2 is 1.11 bits per heavy atom. The number of ketones is 2. The molecule has 4 aliphatic rings. The molecular formula is C47H72ClN8O9-. The first-order chi connectivity index (χ1) is 30.1. The van der Waals surface area contributed by atoms with Gasteiger partial charge < -0.3 is 35.9 Å². The number of Topliss-reactive ketones (excluding diaryl/α,β-unsaturated/α-hetero) is 2. The Labute approximate surface area is 389 Å². The quantitative estimate of drug-likeness (QED) is 0.0598. The Bertz CT molecular complexity index is 1920. The summed E-state index contributed by atoms with van der Waals surface area (Å²) in [6, 6.07) is -5.23. The number of aliphatic imine (C=N–C) groups is 1. The molecule has 4 N–H and O–H groups in total. The van der Waals surface area contributed by atoms with Crippen LogP contribution in [-0.2, 0) is 43.2 Å². The summed E-state index contributed by atoms with van der Waals surface area (Å²) < 4.78 is 0. The molecule has 17 nitrogen and oxygen atoms in total. The van der Waals surface area contributed by atoms with Crippen molar-refractivity contribution in [2.45, 2.75) is 145 Å². The number of likely N-dealkylation sites (tertiary alicyclic amines) is 2. The fourth-order valence-electron chi connectivity index (χ4n) is 9.62. The number of isocyanates is 1. The minimum Gasteiger partial charge on any atom is -0.564 e. The van der Waals surface area contributed by atoms with Crippen LogP contribution in [0.1, 0.15) is 109 Å². The third kappa shape index (κ3) is 12.2. The zero-order valence-corrected chi connectivity index (χ0v) is 41.1. The molecule has 362 valence electrons. The van der Waals surface area contributed by atoms with Gasteiger partial charge >= 0.3 is 0 Å². The second kappa shape index (κ2) is 21.7. The van der Waals surface area contributed by atoms with Crippen LogP contribution in [0.3, 0.4) is 0 Å². The summed E-state index contributed by atoms with van der Waals surface area (Å²) in [6.07, 6.45) is 6.23. The third-order valence-corrected chi connectivity index (χ3v) is 13.8. The summed E-state index contributed by atoms with van der Waals surface area (Å²) in [5.41, 5.74) is -1.36. The molecule has 0 radical (unpaired) electrons. The number of nitrogens with one attached hydrogen (secondary N) is 4. The minimum absolute atomic E-state index is 0.0191. The van der Waals surface area contributed by atoms with Crippen LogP contribution >= 0.6 is 11.8 Å². The van der Waals surface area contributed by atoms with E-state index in [2.05, 4.69) is 58.1 Å². The molecule has 0 aromatic heterocycles. The molecule has 0 bridgehead atoms. The topological polar surface area (TPSA) is 235 Å². The molecule has 10 atom stereocenters. The van der Waals surface area contributed by atoms with Gasteiger partial charge in [0.05, 0.1) is 12.1 Å². The van der Waals surface area contributed by atoms with E-state index < -0.39 is 88.2 Å². The molecule has 0 aromatic carbocycles. The monoisotopic (exact) mass is 928 g/mol. The van der Waals surface area contributed by atoms with Crippen molar-refractivity contribution in [1.29, 1.82) is 0 Å². The molecule has 0 aromatic rings. The molecule has 6 amide bonds. The zero-order chi connectivity index (χ0) is 49.6. The number of hydrogen-bond acceptors (Lipinski definition) is 10. The summed E-state index contributed by atoms with van der Waals surface area (Å²) >= 11 is 5.78. The highest BCUT2D eigenvalue weighted by molar-refractivity contribution is 6.39. The van der Waals surface area contributed by atoms with Crippen molar-refractivity contribution in [2.24, 2.45) is 50.3 Å². The average Bonchev–Trinajstić information content (AvgIpc) is 3.67. The van der Waals surface area contributed by atoms with Gasteiger partial charge in [-0.15, -0.1) is 13.2 Å². The highest BCUT2D eigenvalue weighted by Gasteiger charge is 2.71. The molecule has 18 heteroatoms. The summed E-state index contributed by atoms with van der Waals surface area (Å²) in [5, 5.41) is 10.4. The van der Waals surface area contributed by atoms with Crippen LogP contribution in [-0.4, -0.2) is 125 Å². The number of carbonyl (C=O) groups is 8. The van der Waals surface area contributed by atoms with Gasteiger partial charge in [0.15, 0.2) is 0 Å². The maximum atomic E-state index is 13.4. The fourth-order valence-corrected chi connectivity index (χ4v) is 10.00. The van der Waals surface area contributed by atoms with Gasteiger partial charge in [-0.2, -0.15) is 4.99 Å². The van der Waals surface area contributed by atoms with Crippen LogP contribution in [0, 0.1) is 45.3 Å². The first kappa shape index (κ1) is 54.6. The molecule has 65 heavy (non-hydrogen) atoms. The average molecular weight is 929 g/mol. The van der Waals surface area contributed by atoms with Gasteiger partial charge in [0.2, 0.25) is 41.3 Å². The lowest BCUT2D eigenvalue weighted by atomic mass is 9.85. The van der Waals surface area contributed by atoms with Gasteiger partial charge in [0.25, 0.3) is 11.8 Å². The van der Waals surface area contributed by atoms with Crippen LogP contribution in [0.25, 0.3) is 4.84 Å². The normalized spacial score (nSPS) is 24.9. The Morgan fingerprint density at radius 1 is 0.723 bits per heavy atom. The van der Waals surface area contributed by atoms with E-state index >= 15 is 0 Å². The molecule has 2 aliphatic carbocycles. The summed E-state index contributed by atoms with van der Waals surface area (Å²) in [5.74, 6) is -4.33. The van der Waals surface area contributed by atoms with Crippen molar-refractivity contribution < 1.29 is 43.2 Å². The standard InChI is InChI=1S/C24H36N4O5.C23H36ClN4O4/c1-8-10-15(18(30)21(32)25-11-9-2)27-20(31)17-16-14(24(16,6)7)12-28(17)22(33)19(26-13-29)23(3,4)5;1-8-10-14(17(29)20(31)25-11-9-2)26-19(30)16-15-13(23(15,6)7)12-28(16)21(32)18(27-24)22(3,4)5/h9,14-17,19H,2,8,10-12H2,1,3-7H3,(H,25,32)(H,27,31);9,13-16,18H,2,8,10-12H2,1,3-7H3,(H,25,31)(H,26,30)/q;-1/t14-,15?,16-,17-,19+;13-,14?,15-,16-,18+/m00/s1. The SMILES string of the molecule is C=CCNC(=O)C(=O)C(CCC)NC(=O)[C@@H]1[C@@H]2[C@H](CN1C(=O)[C@@H](N=C=O)C(C)(C)C)C2(C)C.C=CCNC(=O)C(=O)C(CCC)NC(=O)[C@@H]1[C@@H]2[C@H](CN1C(=O)[C@@H]([N-]Cl)C(C)(C)C)C2(C)C. The Balaban J connectivity index is 0.000000345. The number of piperidine rings is 2. The largest absolute Gasteiger partial charge is 0.564 e. The van der Waals surface area contributed by atoms with Crippen molar-refractivity contribution in [3.8, 4) is 0 Å². The van der Waals surface area contributed by atoms with E-state index in [1.54, 1.807) is 25.7 Å². The number of fused-ring (bicyclic) bond motifs is 2. The van der Waals surface area contributed by atoms with Gasteiger partial charge in [-0.25, -0.2) is 4.79 Å². The Morgan fingerprint density at radius 3 is 1.42 bits per heavy atom. The lowest BCUT2D eigenvalue weighted by Gasteiger charge is -2.42. The number of carbonyl (C=O) groups excluding carboxylic acids is 9. The highest BCUT2D eigenvalue weighted by atomic mass is 35.5. The number of rotatable bonds is 20. The van der Waals surface area contributed by atoms with Crippen molar-refractivity contribution in [3.63, 3.8) is 0 Å². The van der Waals surface area contributed by atoms with Crippen LogP contribution in [0.5, 0.6) is 0 Å². The maximum absolute atomic E-state index is 13.4. The van der Waals surface area contributed by atoms with E-state index in [4.69, 9.17) is 11.8 Å². The number of amides is 6. The number of nitrogens with zero attached hydrogens (tertiary/aromatic N) is 4. The number of hydrogen-bond donors (Lipinski definition) is 4. The second-order valence-electron chi connectivity index (χ2n) is 21.1. The second-order valence-corrected chi connectivity index (χ2v) is 21.3. The fraction of sp³-hybridized carbons (Fsp3) is 0.723. The maximum Gasteiger partial charge on any atom is 0.289 e. The summed E-state index contributed by atoms with van der Waals surface area (Å²) in [4.78, 5) is 125. The molecule has 2 saturated carbocycles. The van der Waals surface area contributed by atoms with Crippen LogP contribution in [0.15, 0.2) is 30.3 Å². The molecule has 2 unspecified atom stereocenters. The van der Waals surface area contributed by atoms with Crippen LogP contribution in [0.2, 0.25) is 0 Å². The molecular weight excluding hydrogens is 856 g/mol. The van der Waals surface area contributed by atoms with Crippen molar-refractivity contribution in [2.75, 3.05) is 26.2 Å². The van der Waals surface area contributed by atoms with Crippen molar-refractivity contribution >= 4 is 64.9 Å². The van der Waals surface area contributed by atoms with Crippen molar-refractivity contribution in [3.05, 3.63) is 30.1 Å². The molecule has 2 heterocycles. The molecule has 2 saturated heterocycles. The van der Waals surface area contributed by atoms with E-state index in [1.165, 1.54) is 23.1 Å². The van der Waals surface area contributed by atoms with Crippen molar-refractivity contribution in [1.82, 2.24) is 31.1 Å².